The zero-order chi connectivity index (χ0) is 16.5. The van der Waals surface area contributed by atoms with Crippen LogP contribution in [0, 0.1) is 22.7 Å². The summed E-state index contributed by atoms with van der Waals surface area (Å²) in [6, 6.07) is 0. The van der Waals surface area contributed by atoms with Gasteiger partial charge in [-0.2, -0.15) is 0 Å². The van der Waals surface area contributed by atoms with Gasteiger partial charge in [-0.05, 0) is 43.4 Å². The van der Waals surface area contributed by atoms with Gasteiger partial charge >= 0.3 is 5.97 Å². The number of ether oxygens (including phenoxy) is 1. The van der Waals surface area contributed by atoms with Gasteiger partial charge in [0.1, 0.15) is 0 Å². The van der Waals surface area contributed by atoms with Crippen molar-refractivity contribution in [1.29, 1.82) is 0 Å². The Balaban J connectivity index is 1.97. The summed E-state index contributed by atoms with van der Waals surface area (Å²) in [5, 5.41) is 0. The average Bonchev–Trinajstić information content (AvgIpc) is 2.78. The van der Waals surface area contributed by atoms with E-state index in [0.717, 1.165) is 25.7 Å². The smallest absolute Gasteiger partial charge is 0.309 e. The van der Waals surface area contributed by atoms with Gasteiger partial charge in [0.25, 0.3) is 0 Å². The molecule has 0 aromatic rings. The molecule has 1 heterocycles. The van der Waals surface area contributed by atoms with E-state index in [4.69, 9.17) is 4.74 Å². The van der Waals surface area contributed by atoms with Gasteiger partial charge in [0, 0.05) is 5.92 Å². The molecule has 0 aromatic carbocycles. The lowest BCUT2D eigenvalue weighted by Crippen LogP contribution is -2.26. The molecule has 2 heteroatoms. The van der Waals surface area contributed by atoms with Crippen LogP contribution in [0.4, 0.5) is 0 Å². The highest BCUT2D eigenvalue weighted by Crippen LogP contribution is 2.44. The van der Waals surface area contributed by atoms with Gasteiger partial charge in [-0.15, -0.1) is 0 Å². The van der Waals surface area contributed by atoms with E-state index >= 15 is 0 Å². The van der Waals surface area contributed by atoms with E-state index in [1.807, 2.05) is 0 Å². The normalized spacial score (nSPS) is 26.5. The molecule has 0 radical (unpaired) electrons. The van der Waals surface area contributed by atoms with Crippen LogP contribution in [0.2, 0.25) is 0 Å². The summed E-state index contributed by atoms with van der Waals surface area (Å²) in [6.45, 7) is 14.3. The van der Waals surface area contributed by atoms with Gasteiger partial charge in [0.15, 0.2) is 0 Å². The third-order valence-electron chi connectivity index (χ3n) is 5.69. The van der Waals surface area contributed by atoms with Crippen LogP contribution in [0.15, 0.2) is 23.3 Å². The maximum atomic E-state index is 11.8. The highest BCUT2D eigenvalue weighted by molar-refractivity contribution is 5.75. The summed E-state index contributed by atoms with van der Waals surface area (Å²) in [7, 11) is 0. The van der Waals surface area contributed by atoms with Crippen LogP contribution in [-0.2, 0) is 9.53 Å². The van der Waals surface area contributed by atoms with Gasteiger partial charge in [0.05, 0.1) is 12.5 Å². The van der Waals surface area contributed by atoms with Crippen molar-refractivity contribution < 1.29 is 9.53 Å². The van der Waals surface area contributed by atoms with Crippen molar-refractivity contribution in [2.24, 2.45) is 22.7 Å². The number of carbonyl (C=O) groups excluding carboxylic acids is 1. The molecule has 2 atom stereocenters. The minimum Gasteiger partial charge on any atom is -0.465 e. The quantitative estimate of drug-likeness (QED) is 0.521. The number of fused-ring (bicyclic) bond motifs is 1. The fraction of sp³-hybridized carbons (Fsp3) is 0.750. The molecule has 0 amide bonds. The van der Waals surface area contributed by atoms with Crippen molar-refractivity contribution in [1.82, 2.24) is 0 Å². The number of rotatable bonds is 4. The summed E-state index contributed by atoms with van der Waals surface area (Å²) in [5.41, 5.74) is 3.34. The Labute approximate surface area is 136 Å². The Morgan fingerprint density at radius 3 is 2.64 bits per heavy atom. The minimum atomic E-state index is 0.0230. The summed E-state index contributed by atoms with van der Waals surface area (Å²) in [5.74, 6) is 0.566. The van der Waals surface area contributed by atoms with Crippen LogP contribution in [0.5, 0.6) is 0 Å². The molecule has 1 aliphatic heterocycles. The van der Waals surface area contributed by atoms with E-state index in [1.165, 1.54) is 11.1 Å². The van der Waals surface area contributed by atoms with Gasteiger partial charge in [-0.25, -0.2) is 0 Å². The number of hydrogen-bond acceptors (Lipinski definition) is 2. The highest BCUT2D eigenvalue weighted by Gasteiger charge is 2.41. The Bertz CT molecular complexity index is 488. The number of carbonyl (C=O) groups is 1. The predicted molar refractivity (Wildman–Crippen MR) is 91.5 cm³/mol. The Hall–Kier alpha value is -1.05. The lowest BCUT2D eigenvalue weighted by atomic mass is 9.70. The molecule has 2 nitrogen and oxygen atoms in total. The maximum Gasteiger partial charge on any atom is 0.309 e. The number of allylic oxidation sites excluding steroid dienone is 4. The molecule has 0 aromatic heterocycles. The number of esters is 1. The molecule has 2 aliphatic rings. The largest absolute Gasteiger partial charge is 0.465 e. The first kappa shape index (κ1) is 17.3. The second kappa shape index (κ2) is 6.22. The first-order valence-corrected chi connectivity index (χ1v) is 8.64. The number of cyclic esters (lactones) is 1. The summed E-state index contributed by atoms with van der Waals surface area (Å²) < 4.78 is 5.23. The molecule has 0 saturated carbocycles. The van der Waals surface area contributed by atoms with E-state index in [1.54, 1.807) is 0 Å². The maximum absolute atomic E-state index is 11.8. The summed E-state index contributed by atoms with van der Waals surface area (Å²) >= 11 is 0. The minimum absolute atomic E-state index is 0.0230. The van der Waals surface area contributed by atoms with E-state index in [2.05, 4.69) is 53.7 Å². The molecule has 2 unspecified atom stereocenters. The first-order chi connectivity index (χ1) is 10.1. The van der Waals surface area contributed by atoms with Crippen molar-refractivity contribution in [3.8, 4) is 0 Å². The highest BCUT2D eigenvalue weighted by atomic mass is 16.5. The second-order valence-electron chi connectivity index (χ2n) is 8.73. The molecule has 0 spiro atoms. The lowest BCUT2D eigenvalue weighted by molar-refractivity contribution is -0.141. The third-order valence-corrected chi connectivity index (χ3v) is 5.69. The van der Waals surface area contributed by atoms with Crippen LogP contribution in [0.3, 0.4) is 0 Å². The molecule has 1 fully saturated rings. The molecular weight excluding hydrogens is 272 g/mol. The fourth-order valence-corrected chi connectivity index (χ4v) is 3.37. The van der Waals surface area contributed by atoms with E-state index < -0.39 is 0 Å². The first-order valence-electron chi connectivity index (χ1n) is 8.64. The van der Waals surface area contributed by atoms with Crippen molar-refractivity contribution in [2.45, 2.75) is 67.2 Å². The standard InChI is InChI=1S/C20H32O2/c1-14(19(2,3)4)8-7-11-20(5,6)16-10-9-15-13-22-18(21)17(15)12-16/h8,10,15,17H,7,9,11-13H2,1-6H3. The van der Waals surface area contributed by atoms with Crippen molar-refractivity contribution >= 4 is 5.97 Å². The SMILES string of the molecule is CC(=CCCC(C)(C)C1=CCC2COC(=O)C2C1)C(C)(C)C. The van der Waals surface area contributed by atoms with Gasteiger partial charge < -0.3 is 4.74 Å². The second-order valence-corrected chi connectivity index (χ2v) is 8.73. The van der Waals surface area contributed by atoms with Crippen LogP contribution < -0.4 is 0 Å². The van der Waals surface area contributed by atoms with Gasteiger partial charge in [0.2, 0.25) is 0 Å². The molecule has 2 rings (SSSR count). The molecule has 1 aliphatic carbocycles. The van der Waals surface area contributed by atoms with Crippen molar-refractivity contribution in [2.75, 3.05) is 6.61 Å². The van der Waals surface area contributed by atoms with Crippen LogP contribution >= 0.6 is 0 Å². The van der Waals surface area contributed by atoms with Crippen molar-refractivity contribution in [3.63, 3.8) is 0 Å². The summed E-state index contributed by atoms with van der Waals surface area (Å²) in [4.78, 5) is 11.8. The lowest BCUT2D eigenvalue weighted by Gasteiger charge is -2.33. The molecule has 0 N–H and O–H groups in total. The Morgan fingerprint density at radius 1 is 1.32 bits per heavy atom. The predicted octanol–water partition coefficient (Wildman–Crippen LogP) is 5.29. The Morgan fingerprint density at radius 2 is 2.00 bits per heavy atom. The monoisotopic (exact) mass is 304 g/mol. The van der Waals surface area contributed by atoms with E-state index in [0.29, 0.717) is 12.5 Å². The van der Waals surface area contributed by atoms with Crippen LogP contribution in [-0.4, -0.2) is 12.6 Å². The molecule has 0 bridgehead atoms. The van der Waals surface area contributed by atoms with Gasteiger partial charge in [-0.3, -0.25) is 4.79 Å². The van der Waals surface area contributed by atoms with Crippen LogP contribution in [0.25, 0.3) is 0 Å². The van der Waals surface area contributed by atoms with Crippen molar-refractivity contribution in [3.05, 3.63) is 23.3 Å². The summed E-state index contributed by atoms with van der Waals surface area (Å²) in [6.07, 6.45) is 8.91. The zero-order valence-electron chi connectivity index (χ0n) is 15.2. The molecule has 124 valence electrons. The fourth-order valence-electron chi connectivity index (χ4n) is 3.37. The number of hydrogen-bond donors (Lipinski definition) is 0. The van der Waals surface area contributed by atoms with E-state index in [9.17, 15) is 4.79 Å². The van der Waals surface area contributed by atoms with E-state index in [-0.39, 0.29) is 22.7 Å². The molecular formula is C20H32O2. The molecule has 1 saturated heterocycles. The van der Waals surface area contributed by atoms with Gasteiger partial charge in [-0.1, -0.05) is 57.9 Å². The Kier molecular flexibility index (Phi) is 4.89. The zero-order valence-corrected chi connectivity index (χ0v) is 15.2. The third kappa shape index (κ3) is 3.83. The molecule has 22 heavy (non-hydrogen) atoms. The topological polar surface area (TPSA) is 26.3 Å². The van der Waals surface area contributed by atoms with Crippen LogP contribution in [0.1, 0.15) is 67.2 Å². The average molecular weight is 304 g/mol.